The van der Waals surface area contributed by atoms with Crippen molar-refractivity contribution in [1.82, 2.24) is 4.90 Å². The second-order valence-electron chi connectivity index (χ2n) is 7.92. The Hall–Kier alpha value is -1.93. The number of nitrogens with zero attached hydrogens (tertiary/aromatic N) is 1. The van der Waals surface area contributed by atoms with Crippen molar-refractivity contribution in [3.05, 3.63) is 71.8 Å². The van der Waals surface area contributed by atoms with E-state index in [2.05, 4.69) is 60.4 Å². The van der Waals surface area contributed by atoms with Crippen LogP contribution in [0.15, 0.2) is 60.7 Å². The summed E-state index contributed by atoms with van der Waals surface area (Å²) in [5.74, 6) is 0.321. The minimum Gasteiger partial charge on any atom is -0.301 e. The fraction of sp³-hybridized carbons (Fsp3) is 0.480. The van der Waals surface area contributed by atoms with Gasteiger partial charge in [0.25, 0.3) is 0 Å². The second-order valence-corrected chi connectivity index (χ2v) is 7.92. The molecule has 1 atom stereocenters. The van der Waals surface area contributed by atoms with E-state index < -0.39 is 5.41 Å². The lowest BCUT2D eigenvalue weighted by Crippen LogP contribution is -2.45. The van der Waals surface area contributed by atoms with Crippen molar-refractivity contribution in [3.8, 4) is 0 Å². The van der Waals surface area contributed by atoms with E-state index in [0.29, 0.717) is 18.2 Å². The van der Waals surface area contributed by atoms with Crippen LogP contribution < -0.4 is 0 Å². The molecule has 1 saturated heterocycles. The van der Waals surface area contributed by atoms with Gasteiger partial charge in [0, 0.05) is 12.5 Å². The quantitative estimate of drug-likeness (QED) is 0.637. The van der Waals surface area contributed by atoms with Gasteiger partial charge in [0.05, 0.1) is 5.41 Å². The highest BCUT2D eigenvalue weighted by molar-refractivity contribution is 5.93. The fourth-order valence-corrected chi connectivity index (χ4v) is 4.69. The first-order valence-electron chi connectivity index (χ1n) is 10.6. The molecule has 3 rings (SSSR count). The maximum atomic E-state index is 13.5. The van der Waals surface area contributed by atoms with Gasteiger partial charge in [0.15, 0.2) is 0 Å². The average Bonchev–Trinajstić information content (AvgIpc) is 3.02. The molecule has 2 nitrogen and oxygen atoms in total. The number of carbonyl (C=O) groups is 1. The van der Waals surface area contributed by atoms with Crippen LogP contribution in [0, 0.1) is 0 Å². The van der Waals surface area contributed by atoms with Crippen molar-refractivity contribution in [2.24, 2.45) is 0 Å². The van der Waals surface area contributed by atoms with Crippen LogP contribution in [-0.4, -0.2) is 29.8 Å². The van der Waals surface area contributed by atoms with Crippen LogP contribution in [0.5, 0.6) is 0 Å². The lowest BCUT2D eigenvalue weighted by Gasteiger charge is -2.39. The SMILES string of the molecule is CCC(=O)C(C[C@H](C)N1CCCCCC1)(c1ccccc1)c1ccccc1. The van der Waals surface area contributed by atoms with E-state index in [0.717, 1.165) is 30.6 Å². The Balaban J connectivity index is 2.04. The summed E-state index contributed by atoms with van der Waals surface area (Å²) in [5.41, 5.74) is 1.69. The Labute approximate surface area is 164 Å². The van der Waals surface area contributed by atoms with Crippen molar-refractivity contribution in [1.29, 1.82) is 0 Å². The minimum atomic E-state index is -0.566. The van der Waals surface area contributed by atoms with E-state index in [1.165, 1.54) is 25.7 Å². The molecule has 2 aromatic rings. The normalized spacial score (nSPS) is 17.3. The highest BCUT2D eigenvalue weighted by atomic mass is 16.1. The Morgan fingerprint density at radius 2 is 1.37 bits per heavy atom. The van der Waals surface area contributed by atoms with Crippen LogP contribution in [0.4, 0.5) is 0 Å². The standard InChI is InChI=1S/C25H33NO/c1-3-24(27)25(22-14-8-6-9-15-22,23-16-10-7-11-17-23)20-21(2)26-18-12-4-5-13-19-26/h6-11,14-17,21H,3-5,12-13,18-20H2,1-2H3/t21-/m0/s1. The van der Waals surface area contributed by atoms with E-state index in [1.54, 1.807) is 0 Å². The number of rotatable bonds is 7. The van der Waals surface area contributed by atoms with Gasteiger partial charge in [-0.2, -0.15) is 0 Å². The van der Waals surface area contributed by atoms with E-state index in [1.807, 2.05) is 19.1 Å². The number of hydrogen-bond acceptors (Lipinski definition) is 2. The third kappa shape index (κ3) is 4.32. The van der Waals surface area contributed by atoms with Gasteiger partial charge in [-0.15, -0.1) is 0 Å². The van der Waals surface area contributed by atoms with Crippen LogP contribution in [-0.2, 0) is 10.2 Å². The van der Waals surface area contributed by atoms with Crippen LogP contribution in [0.3, 0.4) is 0 Å². The van der Waals surface area contributed by atoms with Crippen molar-refractivity contribution < 1.29 is 4.79 Å². The molecule has 0 N–H and O–H groups in total. The Morgan fingerprint density at radius 1 is 0.889 bits per heavy atom. The lowest BCUT2D eigenvalue weighted by molar-refractivity contribution is -0.123. The molecule has 0 unspecified atom stereocenters. The van der Waals surface area contributed by atoms with Gasteiger partial charge < -0.3 is 4.90 Å². The van der Waals surface area contributed by atoms with Crippen LogP contribution in [0.2, 0.25) is 0 Å². The summed E-state index contributed by atoms with van der Waals surface area (Å²) in [6.07, 6.45) is 6.61. The molecule has 1 fully saturated rings. The number of benzene rings is 2. The molecule has 0 bridgehead atoms. The molecule has 0 radical (unpaired) electrons. The molecular weight excluding hydrogens is 330 g/mol. The molecule has 1 aliphatic heterocycles. The topological polar surface area (TPSA) is 20.3 Å². The van der Waals surface area contributed by atoms with Crippen molar-refractivity contribution in [2.45, 2.75) is 63.8 Å². The first-order chi connectivity index (χ1) is 13.2. The Bertz CT molecular complexity index is 662. The molecule has 0 aromatic heterocycles. The lowest BCUT2D eigenvalue weighted by atomic mass is 9.67. The molecule has 2 heteroatoms. The summed E-state index contributed by atoms with van der Waals surface area (Å²) in [4.78, 5) is 16.1. The van der Waals surface area contributed by atoms with E-state index in [-0.39, 0.29) is 0 Å². The molecule has 0 spiro atoms. The molecule has 1 aliphatic rings. The van der Waals surface area contributed by atoms with Crippen LogP contribution >= 0.6 is 0 Å². The molecule has 1 heterocycles. The summed E-state index contributed by atoms with van der Waals surface area (Å²) < 4.78 is 0. The summed E-state index contributed by atoms with van der Waals surface area (Å²) in [5, 5.41) is 0. The zero-order valence-electron chi connectivity index (χ0n) is 16.9. The summed E-state index contributed by atoms with van der Waals surface area (Å²) in [6, 6.07) is 21.2. The highest BCUT2D eigenvalue weighted by Gasteiger charge is 2.42. The molecule has 0 amide bonds. The third-order valence-electron chi connectivity index (χ3n) is 6.20. The predicted molar refractivity (Wildman–Crippen MR) is 113 cm³/mol. The fourth-order valence-electron chi connectivity index (χ4n) is 4.69. The van der Waals surface area contributed by atoms with Crippen LogP contribution in [0.1, 0.15) is 63.5 Å². The van der Waals surface area contributed by atoms with Gasteiger partial charge in [0.1, 0.15) is 5.78 Å². The molecule has 27 heavy (non-hydrogen) atoms. The van der Waals surface area contributed by atoms with Gasteiger partial charge in [-0.3, -0.25) is 4.79 Å². The van der Waals surface area contributed by atoms with Gasteiger partial charge >= 0.3 is 0 Å². The van der Waals surface area contributed by atoms with Crippen LogP contribution in [0.25, 0.3) is 0 Å². The molecular formula is C25H33NO. The van der Waals surface area contributed by atoms with Gasteiger partial charge in [-0.25, -0.2) is 0 Å². The first-order valence-corrected chi connectivity index (χ1v) is 10.6. The smallest absolute Gasteiger partial charge is 0.147 e. The summed E-state index contributed by atoms with van der Waals surface area (Å²) in [7, 11) is 0. The van der Waals surface area contributed by atoms with Gasteiger partial charge in [-0.1, -0.05) is 80.4 Å². The largest absolute Gasteiger partial charge is 0.301 e. The molecule has 144 valence electrons. The number of ketones is 1. The van der Waals surface area contributed by atoms with E-state index in [9.17, 15) is 4.79 Å². The number of Topliss-reactive ketones (excluding diaryl/α,β-unsaturated/α-hetero) is 1. The van der Waals surface area contributed by atoms with Crippen molar-refractivity contribution in [3.63, 3.8) is 0 Å². The van der Waals surface area contributed by atoms with E-state index >= 15 is 0 Å². The summed E-state index contributed by atoms with van der Waals surface area (Å²) >= 11 is 0. The minimum absolute atomic E-state index is 0.321. The second kappa shape index (κ2) is 9.32. The average molecular weight is 364 g/mol. The number of carbonyl (C=O) groups excluding carboxylic acids is 1. The van der Waals surface area contributed by atoms with E-state index in [4.69, 9.17) is 0 Å². The highest BCUT2D eigenvalue weighted by Crippen LogP contribution is 2.40. The third-order valence-corrected chi connectivity index (χ3v) is 6.20. The molecule has 2 aromatic carbocycles. The maximum absolute atomic E-state index is 13.5. The predicted octanol–water partition coefficient (Wildman–Crippen LogP) is 5.61. The maximum Gasteiger partial charge on any atom is 0.147 e. The van der Waals surface area contributed by atoms with Crippen molar-refractivity contribution in [2.75, 3.05) is 13.1 Å². The van der Waals surface area contributed by atoms with Gasteiger partial charge in [0.2, 0.25) is 0 Å². The molecule has 0 aliphatic carbocycles. The zero-order valence-corrected chi connectivity index (χ0v) is 16.9. The van der Waals surface area contributed by atoms with Gasteiger partial charge in [-0.05, 0) is 50.4 Å². The Kier molecular flexibility index (Phi) is 6.84. The first kappa shape index (κ1) is 19.8. The monoisotopic (exact) mass is 363 g/mol. The summed E-state index contributed by atoms with van der Waals surface area (Å²) in [6.45, 7) is 6.62. The number of likely N-dealkylation sites (tertiary alicyclic amines) is 1. The molecule has 0 saturated carbocycles. The van der Waals surface area contributed by atoms with Crippen molar-refractivity contribution >= 4 is 5.78 Å². The Morgan fingerprint density at radius 3 is 1.81 bits per heavy atom. The number of hydrogen-bond donors (Lipinski definition) is 0. The zero-order chi connectivity index (χ0) is 19.1.